The highest BCUT2D eigenvalue weighted by atomic mass is 79.9. The maximum atomic E-state index is 12.1. The zero-order valence-corrected chi connectivity index (χ0v) is 13.3. The van der Waals surface area contributed by atoms with Crippen LogP contribution < -0.4 is 5.32 Å². The van der Waals surface area contributed by atoms with E-state index in [1.165, 1.54) is 0 Å². The summed E-state index contributed by atoms with van der Waals surface area (Å²) < 4.78 is 12.9. The number of nitrogens with zero attached hydrogens (tertiary/aromatic N) is 1. The van der Waals surface area contributed by atoms with Crippen LogP contribution in [0.25, 0.3) is 0 Å². The molecule has 6 heteroatoms. The van der Waals surface area contributed by atoms with Crippen LogP contribution in [0.5, 0.6) is 0 Å². The number of carbonyl (C=O) groups is 1. The molecule has 2 aromatic carbocycles. The van der Waals surface area contributed by atoms with Crippen molar-refractivity contribution >= 4 is 38.3 Å². The first kappa shape index (κ1) is 15.4. The van der Waals surface area contributed by atoms with Crippen LogP contribution in [0.1, 0.15) is 5.56 Å². The van der Waals surface area contributed by atoms with Gasteiger partial charge < -0.3 is 5.32 Å². The second kappa shape index (κ2) is 7.16. The lowest BCUT2D eigenvalue weighted by atomic mass is 10.2. The molecule has 21 heavy (non-hydrogen) atoms. The highest BCUT2D eigenvalue weighted by molar-refractivity contribution is 9.10. The van der Waals surface area contributed by atoms with Gasteiger partial charge in [0.15, 0.2) is 0 Å². The second-order valence-electron chi connectivity index (χ2n) is 4.18. The summed E-state index contributed by atoms with van der Waals surface area (Å²) in [5, 5.41) is 11.4. The smallest absolute Gasteiger partial charge is 0.237 e. The van der Waals surface area contributed by atoms with E-state index in [9.17, 15) is 9.00 Å². The molecule has 0 bridgehead atoms. The van der Waals surface area contributed by atoms with E-state index in [1.807, 2.05) is 12.1 Å². The average molecular weight is 363 g/mol. The largest absolute Gasteiger partial charge is 0.325 e. The van der Waals surface area contributed by atoms with Crippen LogP contribution in [-0.2, 0) is 15.6 Å². The monoisotopic (exact) mass is 362 g/mol. The van der Waals surface area contributed by atoms with Crippen LogP contribution in [0.15, 0.2) is 57.9 Å². The molecular weight excluding hydrogens is 352 g/mol. The molecule has 0 saturated carbocycles. The number of nitrogens with one attached hydrogen (secondary N) is 1. The molecule has 2 rings (SSSR count). The van der Waals surface area contributed by atoms with Gasteiger partial charge in [-0.25, -0.2) is 0 Å². The maximum Gasteiger partial charge on any atom is 0.237 e. The van der Waals surface area contributed by atoms with Crippen molar-refractivity contribution in [3.05, 3.63) is 58.6 Å². The van der Waals surface area contributed by atoms with Gasteiger partial charge >= 0.3 is 0 Å². The molecule has 0 heterocycles. The Hall–Kier alpha value is -1.97. The van der Waals surface area contributed by atoms with E-state index in [2.05, 4.69) is 21.2 Å². The van der Waals surface area contributed by atoms with E-state index in [0.29, 0.717) is 16.1 Å². The number of rotatable bonds is 4. The number of nitriles is 1. The molecule has 4 nitrogen and oxygen atoms in total. The van der Waals surface area contributed by atoms with Crippen molar-refractivity contribution in [3.8, 4) is 6.07 Å². The van der Waals surface area contributed by atoms with Gasteiger partial charge in [0.2, 0.25) is 5.91 Å². The molecule has 0 radical (unpaired) electrons. The molecule has 0 spiro atoms. The van der Waals surface area contributed by atoms with Crippen molar-refractivity contribution in [3.63, 3.8) is 0 Å². The Labute approximate surface area is 133 Å². The Balaban J connectivity index is 1.98. The number of hydrogen-bond donors (Lipinski definition) is 1. The molecule has 1 atom stereocenters. The third kappa shape index (κ3) is 4.52. The van der Waals surface area contributed by atoms with Crippen molar-refractivity contribution in [1.82, 2.24) is 0 Å². The Kier molecular flexibility index (Phi) is 5.26. The minimum Gasteiger partial charge on any atom is -0.325 e. The Morgan fingerprint density at radius 2 is 1.95 bits per heavy atom. The van der Waals surface area contributed by atoms with Gasteiger partial charge in [0.05, 0.1) is 22.4 Å². The Morgan fingerprint density at radius 3 is 2.57 bits per heavy atom. The van der Waals surface area contributed by atoms with E-state index in [0.717, 1.165) is 4.47 Å². The second-order valence-corrected chi connectivity index (χ2v) is 6.55. The molecule has 0 aliphatic carbocycles. The Morgan fingerprint density at radius 1 is 1.24 bits per heavy atom. The van der Waals surface area contributed by atoms with Crippen LogP contribution in [-0.4, -0.2) is 15.9 Å². The minimum atomic E-state index is -1.40. The molecule has 1 N–H and O–H groups in total. The summed E-state index contributed by atoms with van der Waals surface area (Å²) in [5.74, 6) is -0.450. The number of benzene rings is 2. The van der Waals surface area contributed by atoms with E-state index in [-0.39, 0.29) is 11.7 Å². The van der Waals surface area contributed by atoms with Crippen LogP contribution in [0.4, 0.5) is 5.69 Å². The normalized spacial score (nSPS) is 11.4. The SMILES string of the molecule is N#Cc1ccc(NC(=O)CS(=O)c2cccc(Br)c2)cc1. The fourth-order valence-corrected chi connectivity index (χ4v) is 3.15. The van der Waals surface area contributed by atoms with Crippen molar-refractivity contribution in [2.24, 2.45) is 0 Å². The van der Waals surface area contributed by atoms with Gasteiger partial charge in [-0.15, -0.1) is 0 Å². The van der Waals surface area contributed by atoms with Gasteiger partial charge in [0, 0.05) is 15.1 Å². The summed E-state index contributed by atoms with van der Waals surface area (Å²) in [6.07, 6.45) is 0. The van der Waals surface area contributed by atoms with Crippen LogP contribution in [0, 0.1) is 11.3 Å². The van der Waals surface area contributed by atoms with Crippen LogP contribution in [0.2, 0.25) is 0 Å². The van der Waals surface area contributed by atoms with E-state index < -0.39 is 10.8 Å². The summed E-state index contributed by atoms with van der Waals surface area (Å²) in [6.45, 7) is 0. The average Bonchev–Trinajstić information content (AvgIpc) is 2.48. The van der Waals surface area contributed by atoms with Crippen molar-refractivity contribution in [2.45, 2.75) is 4.90 Å². The van der Waals surface area contributed by atoms with Crippen molar-refractivity contribution in [2.75, 3.05) is 11.1 Å². The van der Waals surface area contributed by atoms with Gasteiger partial charge in [-0.05, 0) is 42.5 Å². The predicted octanol–water partition coefficient (Wildman–Crippen LogP) is 3.07. The molecule has 0 fully saturated rings. The van der Waals surface area contributed by atoms with Gasteiger partial charge in [0.25, 0.3) is 0 Å². The standard InChI is InChI=1S/C15H11BrN2O2S/c16-12-2-1-3-14(8-12)21(20)10-15(19)18-13-6-4-11(9-17)5-7-13/h1-8H,10H2,(H,18,19). The summed E-state index contributed by atoms with van der Waals surface area (Å²) in [5.41, 5.74) is 1.09. The summed E-state index contributed by atoms with van der Waals surface area (Å²) >= 11 is 3.30. The quantitative estimate of drug-likeness (QED) is 0.908. The van der Waals surface area contributed by atoms with Crippen molar-refractivity contribution < 1.29 is 9.00 Å². The van der Waals surface area contributed by atoms with Crippen LogP contribution >= 0.6 is 15.9 Å². The topological polar surface area (TPSA) is 70.0 Å². The highest BCUT2D eigenvalue weighted by Gasteiger charge is 2.10. The molecule has 1 unspecified atom stereocenters. The Bertz CT molecular complexity index is 723. The fraction of sp³-hybridized carbons (Fsp3) is 0.0667. The van der Waals surface area contributed by atoms with Gasteiger partial charge in [-0.2, -0.15) is 5.26 Å². The number of carbonyl (C=O) groups excluding carboxylic acids is 1. The number of amides is 1. The predicted molar refractivity (Wildman–Crippen MR) is 85.2 cm³/mol. The fourth-order valence-electron chi connectivity index (χ4n) is 1.64. The lowest BCUT2D eigenvalue weighted by Gasteiger charge is -2.06. The van der Waals surface area contributed by atoms with E-state index in [1.54, 1.807) is 42.5 Å². The first-order valence-electron chi connectivity index (χ1n) is 6.02. The summed E-state index contributed by atoms with van der Waals surface area (Å²) in [7, 11) is -1.40. The third-order valence-corrected chi connectivity index (χ3v) is 4.42. The zero-order valence-electron chi connectivity index (χ0n) is 10.9. The van der Waals surface area contributed by atoms with E-state index in [4.69, 9.17) is 5.26 Å². The molecule has 1 amide bonds. The molecule has 2 aromatic rings. The maximum absolute atomic E-state index is 12.1. The summed E-state index contributed by atoms with van der Waals surface area (Å²) in [4.78, 5) is 12.5. The lowest BCUT2D eigenvalue weighted by molar-refractivity contribution is -0.113. The number of halogens is 1. The molecule has 106 valence electrons. The molecular formula is C15H11BrN2O2S. The molecule has 0 saturated heterocycles. The zero-order chi connectivity index (χ0) is 15.2. The van der Waals surface area contributed by atoms with Gasteiger partial charge in [-0.3, -0.25) is 9.00 Å². The molecule has 0 aliphatic rings. The first-order chi connectivity index (χ1) is 10.1. The molecule has 0 aliphatic heterocycles. The first-order valence-corrected chi connectivity index (χ1v) is 8.13. The lowest BCUT2D eigenvalue weighted by Crippen LogP contribution is -2.19. The minimum absolute atomic E-state index is 0.115. The third-order valence-electron chi connectivity index (χ3n) is 2.62. The number of anilines is 1. The van der Waals surface area contributed by atoms with Crippen molar-refractivity contribution in [1.29, 1.82) is 5.26 Å². The van der Waals surface area contributed by atoms with Crippen LogP contribution in [0.3, 0.4) is 0 Å². The van der Waals surface area contributed by atoms with Gasteiger partial charge in [-0.1, -0.05) is 22.0 Å². The summed E-state index contributed by atoms with van der Waals surface area (Å²) in [6, 6.07) is 15.5. The van der Waals surface area contributed by atoms with Gasteiger partial charge in [0.1, 0.15) is 5.75 Å². The van der Waals surface area contributed by atoms with E-state index >= 15 is 0 Å². The molecule has 0 aromatic heterocycles. The number of hydrogen-bond acceptors (Lipinski definition) is 3. The highest BCUT2D eigenvalue weighted by Crippen LogP contribution is 2.15.